The first kappa shape index (κ1) is 19.5. The Balaban J connectivity index is 1.90. The van der Waals surface area contributed by atoms with Crippen LogP contribution in [0.15, 0.2) is 35.7 Å². The van der Waals surface area contributed by atoms with Crippen LogP contribution in [-0.4, -0.2) is 29.9 Å². The van der Waals surface area contributed by atoms with Crippen LogP contribution in [0.25, 0.3) is 0 Å². The molecular formula is C17H16F2N2O4S. The first-order chi connectivity index (χ1) is 12.3. The number of carbonyl (C=O) groups is 3. The van der Waals surface area contributed by atoms with Crippen LogP contribution in [0.3, 0.4) is 0 Å². The average molecular weight is 382 g/mol. The molecule has 0 spiro atoms. The molecule has 0 radical (unpaired) electrons. The van der Waals surface area contributed by atoms with E-state index >= 15 is 0 Å². The van der Waals surface area contributed by atoms with E-state index in [4.69, 9.17) is 4.74 Å². The molecule has 0 bridgehead atoms. The van der Waals surface area contributed by atoms with Gasteiger partial charge in [0.25, 0.3) is 11.8 Å². The van der Waals surface area contributed by atoms with Crippen molar-refractivity contribution in [1.82, 2.24) is 5.32 Å². The Hall–Kier alpha value is -2.81. The number of rotatable bonds is 6. The summed E-state index contributed by atoms with van der Waals surface area (Å²) in [6, 6.07) is 4.88. The first-order valence-corrected chi connectivity index (χ1v) is 8.46. The van der Waals surface area contributed by atoms with Crippen LogP contribution in [0.1, 0.15) is 23.5 Å². The lowest BCUT2D eigenvalue weighted by atomic mass is 10.2. The summed E-state index contributed by atoms with van der Waals surface area (Å²) in [6.45, 7) is 2.68. The molecule has 1 heterocycles. The van der Waals surface area contributed by atoms with Crippen molar-refractivity contribution in [3.05, 3.63) is 52.2 Å². The third kappa shape index (κ3) is 5.09. The van der Waals surface area contributed by atoms with E-state index in [9.17, 15) is 23.2 Å². The van der Waals surface area contributed by atoms with E-state index in [1.165, 1.54) is 25.2 Å². The quantitative estimate of drug-likeness (QED) is 0.753. The van der Waals surface area contributed by atoms with Gasteiger partial charge in [0.2, 0.25) is 0 Å². The van der Waals surface area contributed by atoms with Crippen LogP contribution in [0.4, 0.5) is 14.5 Å². The molecule has 0 saturated carbocycles. The SMILES string of the molecule is CC(NC(=O)c1cccs1)C(=O)OC(C)C(=O)Nc1cc(F)ccc1F. The lowest BCUT2D eigenvalue weighted by Gasteiger charge is -2.17. The molecule has 2 atom stereocenters. The van der Waals surface area contributed by atoms with Crippen molar-refractivity contribution in [2.45, 2.75) is 26.0 Å². The number of nitrogens with one attached hydrogen (secondary N) is 2. The largest absolute Gasteiger partial charge is 0.451 e. The molecule has 0 aliphatic rings. The van der Waals surface area contributed by atoms with E-state index in [1.54, 1.807) is 17.5 Å². The average Bonchev–Trinajstić information content (AvgIpc) is 3.12. The third-order valence-corrected chi connectivity index (χ3v) is 4.16. The molecule has 9 heteroatoms. The summed E-state index contributed by atoms with van der Waals surface area (Å²) in [5.41, 5.74) is -0.364. The van der Waals surface area contributed by atoms with Gasteiger partial charge in [-0.2, -0.15) is 0 Å². The van der Waals surface area contributed by atoms with Gasteiger partial charge in [-0.05, 0) is 37.4 Å². The molecule has 6 nitrogen and oxygen atoms in total. The van der Waals surface area contributed by atoms with Crippen molar-refractivity contribution >= 4 is 34.8 Å². The number of benzene rings is 1. The fourth-order valence-electron chi connectivity index (χ4n) is 1.89. The Labute approximate surface area is 152 Å². The van der Waals surface area contributed by atoms with E-state index in [0.29, 0.717) is 4.88 Å². The zero-order chi connectivity index (χ0) is 19.3. The summed E-state index contributed by atoms with van der Waals surface area (Å²) in [5.74, 6) is -3.66. The van der Waals surface area contributed by atoms with Gasteiger partial charge in [0.05, 0.1) is 10.6 Å². The molecule has 26 heavy (non-hydrogen) atoms. The summed E-state index contributed by atoms with van der Waals surface area (Å²) in [5, 5.41) is 6.31. The van der Waals surface area contributed by atoms with E-state index < -0.39 is 41.6 Å². The van der Waals surface area contributed by atoms with Gasteiger partial charge in [0.15, 0.2) is 6.10 Å². The zero-order valence-electron chi connectivity index (χ0n) is 13.9. The molecule has 0 aliphatic carbocycles. The van der Waals surface area contributed by atoms with Crippen molar-refractivity contribution in [2.75, 3.05) is 5.32 Å². The molecule has 2 amide bonds. The highest BCUT2D eigenvalue weighted by molar-refractivity contribution is 7.12. The van der Waals surface area contributed by atoms with Crippen molar-refractivity contribution in [3.63, 3.8) is 0 Å². The minimum absolute atomic E-state index is 0.364. The van der Waals surface area contributed by atoms with Crippen LogP contribution in [-0.2, 0) is 14.3 Å². The first-order valence-electron chi connectivity index (χ1n) is 7.58. The van der Waals surface area contributed by atoms with Gasteiger partial charge in [0, 0.05) is 6.07 Å². The Morgan fingerprint density at radius 2 is 1.88 bits per heavy atom. The van der Waals surface area contributed by atoms with Crippen LogP contribution in [0, 0.1) is 11.6 Å². The zero-order valence-corrected chi connectivity index (χ0v) is 14.7. The van der Waals surface area contributed by atoms with Gasteiger partial charge < -0.3 is 15.4 Å². The van der Waals surface area contributed by atoms with Gasteiger partial charge in [-0.25, -0.2) is 13.6 Å². The van der Waals surface area contributed by atoms with Gasteiger partial charge in [-0.1, -0.05) is 6.07 Å². The molecule has 2 aromatic rings. The highest BCUT2D eigenvalue weighted by atomic mass is 32.1. The summed E-state index contributed by atoms with van der Waals surface area (Å²) < 4.78 is 31.6. The van der Waals surface area contributed by atoms with Crippen LogP contribution >= 0.6 is 11.3 Å². The van der Waals surface area contributed by atoms with Crippen LogP contribution < -0.4 is 10.6 Å². The molecule has 1 aromatic heterocycles. The predicted molar refractivity (Wildman–Crippen MR) is 91.8 cm³/mol. The Morgan fingerprint density at radius 3 is 2.54 bits per heavy atom. The summed E-state index contributed by atoms with van der Waals surface area (Å²) in [4.78, 5) is 36.3. The maximum atomic E-state index is 13.5. The molecule has 138 valence electrons. The van der Waals surface area contributed by atoms with E-state index in [2.05, 4.69) is 10.6 Å². The Morgan fingerprint density at radius 1 is 1.15 bits per heavy atom. The lowest BCUT2D eigenvalue weighted by molar-refractivity contribution is -0.154. The Bertz CT molecular complexity index is 811. The fourth-order valence-corrected chi connectivity index (χ4v) is 2.52. The van der Waals surface area contributed by atoms with Gasteiger partial charge in [-0.3, -0.25) is 9.59 Å². The van der Waals surface area contributed by atoms with E-state index in [1.807, 2.05) is 0 Å². The molecule has 1 aromatic carbocycles. The second kappa shape index (κ2) is 8.52. The maximum Gasteiger partial charge on any atom is 0.329 e. The van der Waals surface area contributed by atoms with Crippen molar-refractivity contribution in [1.29, 1.82) is 0 Å². The minimum atomic E-state index is -1.27. The predicted octanol–water partition coefficient (Wildman–Crippen LogP) is 2.72. The van der Waals surface area contributed by atoms with Crippen LogP contribution in [0.2, 0.25) is 0 Å². The number of carbonyl (C=O) groups excluding carboxylic acids is 3. The van der Waals surface area contributed by atoms with E-state index in [0.717, 1.165) is 18.2 Å². The normalized spacial score (nSPS) is 12.8. The topological polar surface area (TPSA) is 84.5 Å². The van der Waals surface area contributed by atoms with Crippen molar-refractivity contribution in [3.8, 4) is 0 Å². The molecule has 2 rings (SSSR count). The van der Waals surface area contributed by atoms with Crippen LogP contribution in [0.5, 0.6) is 0 Å². The monoisotopic (exact) mass is 382 g/mol. The smallest absolute Gasteiger partial charge is 0.329 e. The number of ether oxygens (including phenoxy) is 1. The second-order valence-electron chi connectivity index (χ2n) is 5.36. The third-order valence-electron chi connectivity index (χ3n) is 3.29. The van der Waals surface area contributed by atoms with Gasteiger partial charge in [-0.15, -0.1) is 11.3 Å². The van der Waals surface area contributed by atoms with Crippen molar-refractivity contribution in [2.24, 2.45) is 0 Å². The number of anilines is 1. The summed E-state index contributed by atoms with van der Waals surface area (Å²) in [7, 11) is 0. The number of amides is 2. The number of esters is 1. The fraction of sp³-hybridized carbons (Fsp3) is 0.235. The summed E-state index contributed by atoms with van der Waals surface area (Å²) in [6.07, 6.45) is -1.27. The standard InChI is InChI=1S/C17H16F2N2O4S/c1-9(20-16(23)14-4-3-7-26-14)17(24)25-10(2)15(22)21-13-8-11(18)5-6-12(13)19/h3-10H,1-2H3,(H,20,23)(H,21,22). The molecule has 2 unspecified atom stereocenters. The molecule has 0 fully saturated rings. The van der Waals surface area contributed by atoms with E-state index in [-0.39, 0.29) is 5.69 Å². The Kier molecular flexibility index (Phi) is 6.40. The highest BCUT2D eigenvalue weighted by Gasteiger charge is 2.24. The van der Waals surface area contributed by atoms with Gasteiger partial charge in [0.1, 0.15) is 17.7 Å². The molecule has 0 aliphatic heterocycles. The minimum Gasteiger partial charge on any atom is -0.451 e. The van der Waals surface area contributed by atoms with Crippen molar-refractivity contribution < 1.29 is 27.9 Å². The second-order valence-corrected chi connectivity index (χ2v) is 6.31. The maximum absolute atomic E-state index is 13.5. The number of halogens is 2. The van der Waals surface area contributed by atoms with Gasteiger partial charge >= 0.3 is 5.97 Å². The molecule has 2 N–H and O–H groups in total. The molecular weight excluding hydrogens is 366 g/mol. The molecule has 0 saturated heterocycles. The number of thiophene rings is 1. The lowest BCUT2D eigenvalue weighted by Crippen LogP contribution is -2.42. The number of hydrogen-bond donors (Lipinski definition) is 2. The summed E-state index contributed by atoms with van der Waals surface area (Å²) >= 11 is 1.21. The highest BCUT2D eigenvalue weighted by Crippen LogP contribution is 2.16. The number of hydrogen-bond acceptors (Lipinski definition) is 5.